The summed E-state index contributed by atoms with van der Waals surface area (Å²) in [5.74, 6) is -0.305. The monoisotopic (exact) mass is 347 g/mol. The van der Waals surface area contributed by atoms with E-state index in [0.29, 0.717) is 6.54 Å². The Bertz CT molecular complexity index is 277. The number of amides is 1. The molecule has 0 aliphatic carbocycles. The molecule has 1 unspecified atom stereocenters. The van der Waals surface area contributed by atoms with Crippen molar-refractivity contribution in [2.24, 2.45) is 5.41 Å². The molecule has 0 aliphatic rings. The Labute approximate surface area is 120 Å². The fourth-order valence-corrected chi connectivity index (χ4v) is 2.54. The molecule has 7 heteroatoms. The molecule has 0 heterocycles. The van der Waals surface area contributed by atoms with Crippen LogP contribution in [0.3, 0.4) is 0 Å². The van der Waals surface area contributed by atoms with Gasteiger partial charge in [0.05, 0.1) is 6.61 Å². The maximum atomic E-state index is 11.8. The molecule has 1 atom stereocenters. The fourth-order valence-electron chi connectivity index (χ4n) is 1.40. The van der Waals surface area contributed by atoms with E-state index in [9.17, 15) is 18.0 Å². The predicted octanol–water partition coefficient (Wildman–Crippen LogP) is 3.27. The average Bonchev–Trinajstić information content (AvgIpc) is 2.17. The van der Waals surface area contributed by atoms with E-state index in [1.165, 1.54) is 0 Å². The van der Waals surface area contributed by atoms with Gasteiger partial charge in [-0.3, -0.25) is 4.79 Å². The molecule has 0 saturated carbocycles. The van der Waals surface area contributed by atoms with Gasteiger partial charge in [0.25, 0.3) is 0 Å². The summed E-state index contributed by atoms with van der Waals surface area (Å²) in [6, 6.07) is 0. The molecular formula is C12H21BrF3NO2. The third-order valence-corrected chi connectivity index (χ3v) is 2.74. The second kappa shape index (κ2) is 8.09. The SMILES string of the molecule is CC(C)(C)CC(Br)CNC(=O)CCOCC(F)(F)F. The third kappa shape index (κ3) is 13.9. The average molecular weight is 348 g/mol. The summed E-state index contributed by atoms with van der Waals surface area (Å²) in [6.45, 7) is 5.19. The highest BCUT2D eigenvalue weighted by Gasteiger charge is 2.27. The summed E-state index contributed by atoms with van der Waals surface area (Å²) in [7, 11) is 0. The van der Waals surface area contributed by atoms with Crippen LogP contribution in [0.15, 0.2) is 0 Å². The Hall–Kier alpha value is -0.300. The van der Waals surface area contributed by atoms with Gasteiger partial charge in [0, 0.05) is 17.8 Å². The molecule has 3 nitrogen and oxygen atoms in total. The number of hydrogen-bond acceptors (Lipinski definition) is 2. The minimum atomic E-state index is -4.34. The molecule has 0 fully saturated rings. The van der Waals surface area contributed by atoms with Gasteiger partial charge in [-0.2, -0.15) is 13.2 Å². The van der Waals surface area contributed by atoms with Gasteiger partial charge >= 0.3 is 6.18 Å². The smallest absolute Gasteiger partial charge is 0.372 e. The van der Waals surface area contributed by atoms with Crippen molar-refractivity contribution in [3.8, 4) is 0 Å². The zero-order valence-electron chi connectivity index (χ0n) is 11.4. The number of rotatable bonds is 7. The van der Waals surface area contributed by atoms with Crippen LogP contribution in [0.25, 0.3) is 0 Å². The van der Waals surface area contributed by atoms with Gasteiger partial charge in [-0.1, -0.05) is 36.7 Å². The van der Waals surface area contributed by atoms with Gasteiger partial charge in [-0.05, 0) is 11.8 Å². The Morgan fingerprint density at radius 1 is 1.32 bits per heavy atom. The zero-order valence-corrected chi connectivity index (χ0v) is 13.0. The number of hydrogen-bond donors (Lipinski definition) is 1. The molecule has 19 heavy (non-hydrogen) atoms. The van der Waals surface area contributed by atoms with Crippen molar-refractivity contribution >= 4 is 21.8 Å². The van der Waals surface area contributed by atoms with Crippen molar-refractivity contribution in [2.75, 3.05) is 19.8 Å². The summed E-state index contributed by atoms with van der Waals surface area (Å²) in [4.78, 5) is 11.5. The van der Waals surface area contributed by atoms with Crippen molar-refractivity contribution < 1.29 is 22.7 Å². The van der Waals surface area contributed by atoms with Crippen molar-refractivity contribution in [2.45, 2.75) is 44.6 Å². The number of alkyl halides is 4. The van der Waals surface area contributed by atoms with Crippen LogP contribution in [0.2, 0.25) is 0 Å². The Kier molecular flexibility index (Phi) is 7.96. The van der Waals surface area contributed by atoms with Crippen LogP contribution in [0.1, 0.15) is 33.6 Å². The summed E-state index contributed by atoms with van der Waals surface area (Å²) < 4.78 is 39.6. The zero-order chi connectivity index (χ0) is 15.1. The van der Waals surface area contributed by atoms with Gasteiger partial charge in [0.2, 0.25) is 5.91 Å². The van der Waals surface area contributed by atoms with E-state index < -0.39 is 12.8 Å². The lowest BCUT2D eigenvalue weighted by molar-refractivity contribution is -0.174. The highest BCUT2D eigenvalue weighted by atomic mass is 79.9. The van der Waals surface area contributed by atoms with Crippen molar-refractivity contribution in [3.05, 3.63) is 0 Å². The minimum absolute atomic E-state index is 0.0642. The van der Waals surface area contributed by atoms with E-state index in [-0.39, 0.29) is 29.2 Å². The molecule has 0 radical (unpaired) electrons. The van der Waals surface area contributed by atoms with Crippen LogP contribution in [-0.4, -0.2) is 36.7 Å². The minimum Gasteiger partial charge on any atom is -0.372 e. The number of nitrogens with one attached hydrogen (secondary N) is 1. The van der Waals surface area contributed by atoms with E-state index in [1.54, 1.807) is 0 Å². The van der Waals surface area contributed by atoms with Gasteiger partial charge in [0.1, 0.15) is 6.61 Å². The molecule has 0 aromatic heterocycles. The van der Waals surface area contributed by atoms with Crippen LogP contribution in [0.4, 0.5) is 13.2 Å². The normalized spacial score (nSPS) is 14.3. The first-order valence-corrected chi connectivity index (χ1v) is 6.96. The first kappa shape index (κ1) is 18.7. The highest BCUT2D eigenvalue weighted by Crippen LogP contribution is 2.24. The lowest BCUT2D eigenvalue weighted by Crippen LogP contribution is -2.32. The molecule has 0 spiro atoms. The van der Waals surface area contributed by atoms with Crippen LogP contribution >= 0.6 is 15.9 Å². The van der Waals surface area contributed by atoms with Crippen molar-refractivity contribution in [3.63, 3.8) is 0 Å². The second-order valence-electron chi connectivity index (χ2n) is 5.58. The lowest BCUT2D eigenvalue weighted by Gasteiger charge is -2.22. The summed E-state index contributed by atoms with van der Waals surface area (Å²) in [5.41, 5.74) is 0.148. The number of ether oxygens (including phenoxy) is 1. The quantitative estimate of drug-likeness (QED) is 0.567. The number of halogens is 4. The Morgan fingerprint density at radius 2 is 1.89 bits per heavy atom. The molecular weight excluding hydrogens is 327 g/mol. The first-order valence-electron chi connectivity index (χ1n) is 6.05. The number of carbonyl (C=O) groups is 1. The van der Waals surface area contributed by atoms with E-state index in [1.807, 2.05) is 0 Å². The molecule has 0 aliphatic heterocycles. The van der Waals surface area contributed by atoms with Gasteiger partial charge in [-0.25, -0.2) is 0 Å². The second-order valence-corrected chi connectivity index (χ2v) is 6.88. The Balaban J connectivity index is 3.65. The van der Waals surface area contributed by atoms with E-state index >= 15 is 0 Å². The number of carbonyl (C=O) groups excluding carboxylic acids is 1. The molecule has 1 amide bonds. The van der Waals surface area contributed by atoms with Gasteiger partial charge < -0.3 is 10.1 Å². The van der Waals surface area contributed by atoms with E-state index in [2.05, 4.69) is 46.8 Å². The predicted molar refractivity (Wildman–Crippen MR) is 71.3 cm³/mol. The van der Waals surface area contributed by atoms with Crippen LogP contribution in [-0.2, 0) is 9.53 Å². The van der Waals surface area contributed by atoms with Crippen LogP contribution < -0.4 is 5.32 Å². The van der Waals surface area contributed by atoms with Crippen LogP contribution in [0.5, 0.6) is 0 Å². The summed E-state index contributed by atoms with van der Waals surface area (Å²) in [5, 5.41) is 2.66. The molecule has 0 bridgehead atoms. The highest BCUT2D eigenvalue weighted by molar-refractivity contribution is 9.09. The maximum Gasteiger partial charge on any atom is 0.411 e. The first-order chi connectivity index (χ1) is 8.49. The van der Waals surface area contributed by atoms with E-state index in [4.69, 9.17) is 0 Å². The molecule has 114 valence electrons. The van der Waals surface area contributed by atoms with Crippen LogP contribution in [0, 0.1) is 5.41 Å². The Morgan fingerprint density at radius 3 is 2.37 bits per heavy atom. The topological polar surface area (TPSA) is 38.3 Å². The third-order valence-electron chi connectivity index (χ3n) is 2.09. The summed E-state index contributed by atoms with van der Waals surface area (Å²) in [6.07, 6.45) is -3.52. The summed E-state index contributed by atoms with van der Waals surface area (Å²) >= 11 is 3.46. The fraction of sp³-hybridized carbons (Fsp3) is 0.917. The van der Waals surface area contributed by atoms with Crippen molar-refractivity contribution in [1.29, 1.82) is 0 Å². The lowest BCUT2D eigenvalue weighted by atomic mass is 9.90. The van der Waals surface area contributed by atoms with Gasteiger partial charge in [-0.15, -0.1) is 0 Å². The molecule has 1 N–H and O–H groups in total. The van der Waals surface area contributed by atoms with Gasteiger partial charge in [0.15, 0.2) is 0 Å². The maximum absolute atomic E-state index is 11.8. The molecule has 0 saturated heterocycles. The van der Waals surface area contributed by atoms with E-state index in [0.717, 1.165) is 6.42 Å². The largest absolute Gasteiger partial charge is 0.411 e. The molecule has 0 aromatic rings. The van der Waals surface area contributed by atoms with Crippen molar-refractivity contribution in [1.82, 2.24) is 5.32 Å². The standard InChI is InChI=1S/C12H21BrF3NO2/c1-11(2,3)6-9(13)7-17-10(18)4-5-19-8-12(14,15)16/h9H,4-8H2,1-3H3,(H,17,18). The molecule has 0 rings (SSSR count). The molecule has 0 aromatic carbocycles.